The Morgan fingerprint density at radius 1 is 1.14 bits per heavy atom. The number of hydrogen-bond donors (Lipinski definition) is 0. The number of nitrogens with zero attached hydrogens (tertiary/aromatic N) is 5. The highest BCUT2D eigenvalue weighted by molar-refractivity contribution is 5.98. The van der Waals surface area contributed by atoms with Crippen LogP contribution in [0.2, 0.25) is 0 Å². The van der Waals surface area contributed by atoms with Crippen molar-refractivity contribution in [2.75, 3.05) is 7.05 Å². The summed E-state index contributed by atoms with van der Waals surface area (Å²) in [5.41, 5.74) is 3.53. The maximum absolute atomic E-state index is 13.4. The van der Waals surface area contributed by atoms with E-state index < -0.39 is 0 Å². The Morgan fingerprint density at radius 3 is 2.59 bits per heavy atom. The van der Waals surface area contributed by atoms with Gasteiger partial charge in [0, 0.05) is 18.5 Å². The molecule has 0 aliphatic rings. The van der Waals surface area contributed by atoms with E-state index in [1.54, 1.807) is 42.0 Å². The third-order valence-electron chi connectivity index (χ3n) is 5.16. The summed E-state index contributed by atoms with van der Waals surface area (Å²) in [5, 5.41) is 4.85. The second kappa shape index (κ2) is 7.43. The molecule has 29 heavy (non-hydrogen) atoms. The summed E-state index contributed by atoms with van der Waals surface area (Å²) >= 11 is 0. The molecule has 4 aromatic rings. The van der Waals surface area contributed by atoms with Crippen molar-refractivity contribution in [3.63, 3.8) is 0 Å². The Bertz CT molecular complexity index is 1170. The Hall–Kier alpha value is -3.61. The fourth-order valence-corrected chi connectivity index (χ4v) is 3.29. The van der Waals surface area contributed by atoms with Gasteiger partial charge in [-0.3, -0.25) is 9.78 Å². The van der Waals surface area contributed by atoms with Crippen molar-refractivity contribution in [3.05, 3.63) is 83.8 Å². The first kappa shape index (κ1) is 18.7. The summed E-state index contributed by atoms with van der Waals surface area (Å²) in [4.78, 5) is 23.2. The summed E-state index contributed by atoms with van der Waals surface area (Å²) in [6.45, 7) is 3.74. The quantitative estimate of drug-likeness (QED) is 0.527. The van der Waals surface area contributed by atoms with E-state index in [9.17, 15) is 9.18 Å². The second-order valence-corrected chi connectivity index (χ2v) is 6.98. The van der Waals surface area contributed by atoms with Crippen LogP contribution in [-0.4, -0.2) is 37.6 Å². The molecule has 0 radical (unpaired) electrons. The normalized spacial score (nSPS) is 12.1. The van der Waals surface area contributed by atoms with E-state index in [1.165, 1.54) is 18.5 Å². The summed E-state index contributed by atoms with van der Waals surface area (Å²) < 4.78 is 15.1. The van der Waals surface area contributed by atoms with E-state index in [2.05, 4.69) is 15.1 Å². The van der Waals surface area contributed by atoms with Crippen molar-refractivity contribution in [2.24, 2.45) is 0 Å². The van der Waals surface area contributed by atoms with Gasteiger partial charge in [0.2, 0.25) is 0 Å². The Morgan fingerprint density at radius 2 is 1.90 bits per heavy atom. The molecule has 6 nitrogen and oxygen atoms in total. The molecule has 1 amide bonds. The molecule has 2 aromatic carbocycles. The summed E-state index contributed by atoms with van der Waals surface area (Å²) in [6.07, 6.45) is 3.12. The van der Waals surface area contributed by atoms with Crippen molar-refractivity contribution < 1.29 is 9.18 Å². The van der Waals surface area contributed by atoms with Gasteiger partial charge in [0.15, 0.2) is 0 Å². The molecule has 0 bridgehead atoms. The molecule has 7 heteroatoms. The number of carbonyl (C=O) groups excluding carboxylic acids is 1. The fraction of sp³-hybridized carbons (Fsp3) is 0.182. The highest BCUT2D eigenvalue weighted by Gasteiger charge is 2.21. The zero-order valence-electron chi connectivity index (χ0n) is 16.4. The zero-order valence-corrected chi connectivity index (χ0v) is 16.4. The Labute approximate surface area is 167 Å². The first-order valence-electron chi connectivity index (χ1n) is 9.23. The van der Waals surface area contributed by atoms with Gasteiger partial charge in [-0.25, -0.2) is 14.1 Å². The van der Waals surface area contributed by atoms with E-state index >= 15 is 0 Å². The number of rotatable bonds is 4. The van der Waals surface area contributed by atoms with Crippen LogP contribution >= 0.6 is 0 Å². The van der Waals surface area contributed by atoms with E-state index in [4.69, 9.17) is 0 Å². The third-order valence-corrected chi connectivity index (χ3v) is 5.16. The van der Waals surface area contributed by atoms with Gasteiger partial charge in [-0.2, -0.15) is 5.10 Å². The van der Waals surface area contributed by atoms with Crippen molar-refractivity contribution in [1.82, 2.24) is 24.6 Å². The molecule has 0 N–H and O–H groups in total. The van der Waals surface area contributed by atoms with Gasteiger partial charge in [0.05, 0.1) is 28.5 Å². The maximum atomic E-state index is 13.4. The standard InChI is InChI=1S/C22H20FN5O/c1-14-20(10-17-4-7-18(23)11-21(17)26-14)22(29)27(3)15(2)16-5-8-19(9-6-16)28-13-24-12-25-28/h4-13,15H,1-3H3. The first-order chi connectivity index (χ1) is 13.9. The smallest absolute Gasteiger partial charge is 0.255 e. The molecule has 4 rings (SSSR count). The van der Waals surface area contributed by atoms with Crippen LogP contribution in [0.4, 0.5) is 4.39 Å². The van der Waals surface area contributed by atoms with Crippen LogP contribution in [-0.2, 0) is 0 Å². The number of amides is 1. The number of pyridine rings is 1. The second-order valence-electron chi connectivity index (χ2n) is 6.98. The summed E-state index contributed by atoms with van der Waals surface area (Å²) in [7, 11) is 1.77. The minimum atomic E-state index is -0.344. The van der Waals surface area contributed by atoms with E-state index in [-0.39, 0.29) is 17.8 Å². The van der Waals surface area contributed by atoms with E-state index in [0.29, 0.717) is 16.8 Å². The molecule has 0 fully saturated rings. The zero-order chi connectivity index (χ0) is 20.5. The highest BCUT2D eigenvalue weighted by atomic mass is 19.1. The van der Waals surface area contributed by atoms with Crippen LogP contribution in [0.3, 0.4) is 0 Å². The fourth-order valence-electron chi connectivity index (χ4n) is 3.29. The molecule has 2 aromatic heterocycles. The molecule has 0 saturated carbocycles. The van der Waals surface area contributed by atoms with Crippen LogP contribution in [0.25, 0.3) is 16.6 Å². The van der Waals surface area contributed by atoms with Crippen molar-refractivity contribution >= 4 is 16.8 Å². The molecular weight excluding hydrogens is 369 g/mol. The Balaban J connectivity index is 1.59. The van der Waals surface area contributed by atoms with Gasteiger partial charge < -0.3 is 4.90 Å². The molecule has 0 spiro atoms. The monoisotopic (exact) mass is 389 g/mol. The molecule has 0 aliphatic carbocycles. The van der Waals surface area contributed by atoms with Crippen molar-refractivity contribution in [3.8, 4) is 5.69 Å². The number of aryl methyl sites for hydroxylation is 1. The molecule has 1 atom stereocenters. The molecule has 2 heterocycles. The van der Waals surface area contributed by atoms with Crippen LogP contribution in [0, 0.1) is 12.7 Å². The van der Waals surface area contributed by atoms with Gasteiger partial charge >= 0.3 is 0 Å². The summed E-state index contributed by atoms with van der Waals surface area (Å²) in [5.74, 6) is -0.474. The van der Waals surface area contributed by atoms with Gasteiger partial charge in [-0.05, 0) is 49.7 Å². The lowest BCUT2D eigenvalue weighted by Gasteiger charge is -2.26. The van der Waals surface area contributed by atoms with Gasteiger partial charge in [0.25, 0.3) is 5.91 Å². The van der Waals surface area contributed by atoms with Gasteiger partial charge in [0.1, 0.15) is 18.5 Å². The third kappa shape index (κ3) is 3.59. The Kier molecular flexibility index (Phi) is 4.80. The topological polar surface area (TPSA) is 63.9 Å². The van der Waals surface area contributed by atoms with Gasteiger partial charge in [-0.1, -0.05) is 12.1 Å². The van der Waals surface area contributed by atoms with Crippen molar-refractivity contribution in [1.29, 1.82) is 0 Å². The van der Waals surface area contributed by atoms with Crippen LogP contribution in [0.1, 0.15) is 34.6 Å². The minimum absolute atomic E-state index is 0.130. The predicted octanol–water partition coefficient (Wildman–Crippen LogP) is 4.10. The molecule has 0 saturated heterocycles. The van der Waals surface area contributed by atoms with E-state index in [0.717, 1.165) is 16.6 Å². The number of halogens is 1. The van der Waals surface area contributed by atoms with Crippen molar-refractivity contribution in [2.45, 2.75) is 19.9 Å². The molecular formula is C22H20FN5O. The lowest BCUT2D eigenvalue weighted by molar-refractivity contribution is 0.0741. The van der Waals surface area contributed by atoms with Crippen LogP contribution in [0.15, 0.2) is 61.2 Å². The lowest BCUT2D eigenvalue weighted by Crippen LogP contribution is -2.30. The number of aromatic nitrogens is 4. The highest BCUT2D eigenvalue weighted by Crippen LogP contribution is 2.24. The number of fused-ring (bicyclic) bond motifs is 1. The number of carbonyl (C=O) groups is 1. The number of benzene rings is 2. The molecule has 0 aliphatic heterocycles. The molecule has 146 valence electrons. The average Bonchev–Trinajstić information content (AvgIpc) is 3.26. The SMILES string of the molecule is Cc1nc2cc(F)ccc2cc1C(=O)N(C)C(C)c1ccc(-n2cncn2)cc1. The van der Waals surface area contributed by atoms with Crippen LogP contribution < -0.4 is 0 Å². The first-order valence-corrected chi connectivity index (χ1v) is 9.23. The average molecular weight is 389 g/mol. The maximum Gasteiger partial charge on any atom is 0.255 e. The number of hydrogen-bond acceptors (Lipinski definition) is 4. The van der Waals surface area contributed by atoms with Gasteiger partial charge in [-0.15, -0.1) is 0 Å². The largest absolute Gasteiger partial charge is 0.335 e. The molecule has 1 unspecified atom stereocenters. The lowest BCUT2D eigenvalue weighted by atomic mass is 10.0. The predicted molar refractivity (Wildman–Crippen MR) is 108 cm³/mol. The van der Waals surface area contributed by atoms with E-state index in [1.807, 2.05) is 31.2 Å². The van der Waals surface area contributed by atoms with Crippen LogP contribution in [0.5, 0.6) is 0 Å². The summed E-state index contributed by atoms with van der Waals surface area (Å²) in [6, 6.07) is 13.8. The minimum Gasteiger partial charge on any atom is -0.335 e.